The van der Waals surface area contributed by atoms with Gasteiger partial charge in [0, 0.05) is 24.3 Å². The zero-order valence-corrected chi connectivity index (χ0v) is 15.1. The van der Waals surface area contributed by atoms with E-state index in [4.69, 9.17) is 5.73 Å². The van der Waals surface area contributed by atoms with Gasteiger partial charge in [-0.05, 0) is 49.4 Å². The maximum atomic E-state index is 12.6. The average molecular weight is 351 g/mol. The normalized spacial score (nSPS) is 13.2. The largest absolute Gasteiger partial charge is 0.398 e. The molecule has 5 heteroatoms. The molecule has 2 aromatic carbocycles. The van der Waals surface area contributed by atoms with Crippen molar-refractivity contribution in [1.29, 1.82) is 0 Å². The van der Waals surface area contributed by atoms with Crippen LogP contribution >= 0.6 is 0 Å². The summed E-state index contributed by atoms with van der Waals surface area (Å²) in [4.78, 5) is 26.4. The van der Waals surface area contributed by atoms with Crippen molar-refractivity contribution in [1.82, 2.24) is 5.32 Å². The molecule has 0 atom stereocenters. The summed E-state index contributed by atoms with van der Waals surface area (Å²) >= 11 is 0. The number of amides is 2. The first-order valence-electron chi connectivity index (χ1n) is 9.04. The lowest BCUT2D eigenvalue weighted by Crippen LogP contribution is -2.42. The molecular formula is C21H25N3O2. The molecule has 5 nitrogen and oxygen atoms in total. The number of carbonyl (C=O) groups is 2. The molecule has 2 aromatic rings. The standard InChI is InChI=1S/C21H25N3O2/c1-15-7-9-16(10-8-15)11-12-20(25)23-14-21(26)24-13-3-4-17-18(22)5-2-6-19(17)24/h2,5-10H,3-4,11-14,22H2,1H3,(H,23,25). The number of rotatable bonds is 5. The number of hydrogen-bond acceptors (Lipinski definition) is 3. The molecule has 26 heavy (non-hydrogen) atoms. The number of aryl methyl sites for hydroxylation is 2. The van der Waals surface area contributed by atoms with Crippen molar-refractivity contribution in [3.8, 4) is 0 Å². The number of nitrogens with one attached hydrogen (secondary N) is 1. The fourth-order valence-corrected chi connectivity index (χ4v) is 3.28. The Morgan fingerprint density at radius 3 is 2.69 bits per heavy atom. The zero-order valence-electron chi connectivity index (χ0n) is 15.1. The predicted octanol–water partition coefficient (Wildman–Crippen LogP) is 2.61. The van der Waals surface area contributed by atoms with E-state index in [1.54, 1.807) is 4.90 Å². The molecule has 0 fully saturated rings. The van der Waals surface area contributed by atoms with E-state index in [-0.39, 0.29) is 18.4 Å². The van der Waals surface area contributed by atoms with Crippen LogP contribution < -0.4 is 16.0 Å². The van der Waals surface area contributed by atoms with Crippen molar-refractivity contribution >= 4 is 23.2 Å². The Balaban J connectivity index is 1.52. The molecule has 0 unspecified atom stereocenters. The van der Waals surface area contributed by atoms with Gasteiger partial charge in [-0.15, -0.1) is 0 Å². The Hall–Kier alpha value is -2.82. The molecule has 0 saturated carbocycles. The van der Waals surface area contributed by atoms with Gasteiger partial charge in [0.2, 0.25) is 11.8 Å². The van der Waals surface area contributed by atoms with Crippen molar-refractivity contribution in [2.45, 2.75) is 32.6 Å². The molecule has 3 rings (SSSR count). The van der Waals surface area contributed by atoms with Gasteiger partial charge < -0.3 is 16.0 Å². The van der Waals surface area contributed by atoms with Crippen LogP contribution in [-0.4, -0.2) is 24.9 Å². The van der Waals surface area contributed by atoms with Gasteiger partial charge in [-0.25, -0.2) is 0 Å². The molecular weight excluding hydrogens is 326 g/mol. The van der Waals surface area contributed by atoms with Gasteiger partial charge in [0.25, 0.3) is 0 Å². The van der Waals surface area contributed by atoms with Crippen LogP contribution in [0, 0.1) is 6.92 Å². The van der Waals surface area contributed by atoms with Crippen LogP contribution in [-0.2, 0) is 22.4 Å². The summed E-state index contributed by atoms with van der Waals surface area (Å²) in [5.41, 5.74) is 11.0. The quantitative estimate of drug-likeness (QED) is 0.813. The van der Waals surface area contributed by atoms with Crippen molar-refractivity contribution in [2.75, 3.05) is 23.7 Å². The molecule has 2 amide bonds. The molecule has 0 aliphatic carbocycles. The summed E-state index contributed by atoms with van der Waals surface area (Å²) in [6.07, 6.45) is 2.81. The SMILES string of the molecule is Cc1ccc(CCC(=O)NCC(=O)N2CCCc3c(N)cccc32)cc1. The van der Waals surface area contributed by atoms with Crippen LogP contribution in [0.5, 0.6) is 0 Å². The molecule has 0 saturated heterocycles. The minimum atomic E-state index is -0.108. The van der Waals surface area contributed by atoms with Crippen LogP contribution in [0.1, 0.15) is 29.5 Å². The average Bonchev–Trinajstić information content (AvgIpc) is 2.65. The lowest BCUT2D eigenvalue weighted by atomic mass is 10.00. The van der Waals surface area contributed by atoms with Crippen LogP contribution in [0.25, 0.3) is 0 Å². The van der Waals surface area contributed by atoms with Crippen molar-refractivity contribution in [3.63, 3.8) is 0 Å². The van der Waals surface area contributed by atoms with Gasteiger partial charge >= 0.3 is 0 Å². The first-order chi connectivity index (χ1) is 12.5. The van der Waals surface area contributed by atoms with Crippen LogP contribution in [0.3, 0.4) is 0 Å². The number of nitrogen functional groups attached to an aromatic ring is 1. The second kappa shape index (κ2) is 8.04. The van der Waals surface area contributed by atoms with E-state index < -0.39 is 0 Å². The van der Waals surface area contributed by atoms with Crippen molar-refractivity contribution in [2.24, 2.45) is 0 Å². The summed E-state index contributed by atoms with van der Waals surface area (Å²) in [7, 11) is 0. The molecule has 1 aliphatic heterocycles. The molecule has 3 N–H and O–H groups in total. The molecule has 0 radical (unpaired) electrons. The van der Waals surface area contributed by atoms with Crippen molar-refractivity contribution in [3.05, 3.63) is 59.2 Å². The second-order valence-electron chi connectivity index (χ2n) is 6.76. The molecule has 1 heterocycles. The predicted molar refractivity (Wildman–Crippen MR) is 104 cm³/mol. The minimum Gasteiger partial charge on any atom is -0.398 e. The Bertz CT molecular complexity index is 799. The third kappa shape index (κ3) is 4.23. The summed E-state index contributed by atoms with van der Waals surface area (Å²) in [5, 5.41) is 2.75. The Labute approximate surface area is 154 Å². The number of nitrogens with zero attached hydrogens (tertiary/aromatic N) is 1. The Morgan fingerprint density at radius 2 is 1.92 bits per heavy atom. The fraction of sp³-hybridized carbons (Fsp3) is 0.333. The smallest absolute Gasteiger partial charge is 0.246 e. The fourth-order valence-electron chi connectivity index (χ4n) is 3.28. The maximum Gasteiger partial charge on any atom is 0.246 e. The Morgan fingerprint density at radius 1 is 1.15 bits per heavy atom. The van der Waals surface area contributed by atoms with E-state index in [1.807, 2.05) is 49.4 Å². The summed E-state index contributed by atoms with van der Waals surface area (Å²) in [6.45, 7) is 2.71. The van der Waals surface area contributed by atoms with Crippen LogP contribution in [0.2, 0.25) is 0 Å². The van der Waals surface area contributed by atoms with Gasteiger partial charge in [0.15, 0.2) is 0 Å². The lowest BCUT2D eigenvalue weighted by Gasteiger charge is -2.30. The number of fused-ring (bicyclic) bond motifs is 1. The molecule has 136 valence electrons. The van der Waals surface area contributed by atoms with Gasteiger partial charge in [-0.3, -0.25) is 9.59 Å². The van der Waals surface area contributed by atoms with Crippen molar-refractivity contribution < 1.29 is 9.59 Å². The highest BCUT2D eigenvalue weighted by Crippen LogP contribution is 2.31. The highest BCUT2D eigenvalue weighted by molar-refractivity contribution is 5.98. The van der Waals surface area contributed by atoms with E-state index in [0.29, 0.717) is 19.4 Å². The summed E-state index contributed by atoms with van der Waals surface area (Å²) in [5.74, 6) is -0.205. The summed E-state index contributed by atoms with van der Waals surface area (Å²) < 4.78 is 0. The first kappa shape index (κ1) is 18.0. The first-order valence-corrected chi connectivity index (χ1v) is 9.04. The zero-order chi connectivity index (χ0) is 18.5. The van der Waals surface area contributed by atoms with E-state index >= 15 is 0 Å². The topological polar surface area (TPSA) is 75.4 Å². The highest BCUT2D eigenvalue weighted by Gasteiger charge is 2.23. The highest BCUT2D eigenvalue weighted by atomic mass is 16.2. The van der Waals surface area contributed by atoms with E-state index in [2.05, 4.69) is 5.32 Å². The van der Waals surface area contributed by atoms with E-state index in [9.17, 15) is 9.59 Å². The van der Waals surface area contributed by atoms with Gasteiger partial charge in [0.05, 0.1) is 6.54 Å². The number of nitrogens with two attached hydrogens (primary N) is 1. The monoisotopic (exact) mass is 351 g/mol. The summed E-state index contributed by atoms with van der Waals surface area (Å²) in [6, 6.07) is 13.8. The number of hydrogen-bond donors (Lipinski definition) is 2. The van der Waals surface area contributed by atoms with E-state index in [0.717, 1.165) is 35.3 Å². The number of benzene rings is 2. The van der Waals surface area contributed by atoms with Gasteiger partial charge in [0.1, 0.15) is 0 Å². The third-order valence-corrected chi connectivity index (χ3v) is 4.79. The lowest BCUT2D eigenvalue weighted by molar-refractivity contribution is -0.125. The minimum absolute atomic E-state index is 0.0149. The van der Waals surface area contributed by atoms with Crippen LogP contribution in [0.15, 0.2) is 42.5 Å². The van der Waals surface area contributed by atoms with Gasteiger partial charge in [-0.1, -0.05) is 35.9 Å². The molecule has 0 spiro atoms. The third-order valence-electron chi connectivity index (χ3n) is 4.79. The number of carbonyl (C=O) groups excluding carboxylic acids is 2. The Kier molecular flexibility index (Phi) is 5.56. The van der Waals surface area contributed by atoms with Gasteiger partial charge in [-0.2, -0.15) is 0 Å². The van der Waals surface area contributed by atoms with E-state index in [1.165, 1.54) is 5.56 Å². The second-order valence-corrected chi connectivity index (χ2v) is 6.76. The molecule has 0 aromatic heterocycles. The maximum absolute atomic E-state index is 12.6. The van der Waals surface area contributed by atoms with Crippen LogP contribution in [0.4, 0.5) is 11.4 Å². The molecule has 1 aliphatic rings. The molecule has 0 bridgehead atoms. The number of anilines is 2.